The minimum atomic E-state index is -0.263. The van der Waals surface area contributed by atoms with Gasteiger partial charge in [-0.15, -0.1) is 0 Å². The molecule has 4 rings (SSSR count). The van der Waals surface area contributed by atoms with Crippen molar-refractivity contribution < 1.29 is 4.39 Å². The van der Waals surface area contributed by atoms with E-state index in [4.69, 9.17) is 11.6 Å². The van der Waals surface area contributed by atoms with Crippen molar-refractivity contribution in [3.8, 4) is 22.3 Å². The molecule has 0 nitrogen and oxygen atoms in total. The molecule has 0 saturated heterocycles. The maximum atomic E-state index is 13.8. The van der Waals surface area contributed by atoms with Gasteiger partial charge in [-0.3, -0.25) is 0 Å². The average Bonchev–Trinajstić information content (AvgIpc) is 2.76. The van der Waals surface area contributed by atoms with Gasteiger partial charge in [0.05, 0.1) is 0 Å². The summed E-state index contributed by atoms with van der Waals surface area (Å²) < 4.78 is 13.8. The molecule has 0 N–H and O–H groups in total. The van der Waals surface area contributed by atoms with Gasteiger partial charge in [0, 0.05) is 10.4 Å². The molecule has 3 aromatic rings. The van der Waals surface area contributed by atoms with E-state index in [0.29, 0.717) is 5.02 Å². The lowest BCUT2D eigenvalue weighted by Gasteiger charge is -2.22. The summed E-state index contributed by atoms with van der Waals surface area (Å²) in [7, 11) is 0. The third-order valence-corrected chi connectivity index (χ3v) is 5.00. The molecule has 1 aliphatic carbocycles. The van der Waals surface area contributed by atoms with Crippen molar-refractivity contribution in [2.24, 2.45) is 0 Å². The molecule has 3 aromatic carbocycles. The summed E-state index contributed by atoms with van der Waals surface area (Å²) in [6.45, 7) is 4.25. The molecule has 23 heavy (non-hydrogen) atoms. The van der Waals surface area contributed by atoms with Gasteiger partial charge in [0.15, 0.2) is 0 Å². The summed E-state index contributed by atoms with van der Waals surface area (Å²) in [6, 6.07) is 19.3. The van der Waals surface area contributed by atoms with Crippen molar-refractivity contribution in [3.05, 3.63) is 82.6 Å². The van der Waals surface area contributed by atoms with Gasteiger partial charge in [0.1, 0.15) is 5.82 Å². The van der Waals surface area contributed by atoms with Crippen molar-refractivity contribution >= 4 is 11.6 Å². The van der Waals surface area contributed by atoms with E-state index in [1.807, 2.05) is 36.4 Å². The minimum absolute atomic E-state index is 0.197. The Balaban J connectivity index is 2.10. The van der Waals surface area contributed by atoms with E-state index in [9.17, 15) is 4.39 Å². The highest BCUT2D eigenvalue weighted by Gasteiger charge is 2.37. The van der Waals surface area contributed by atoms with Crippen LogP contribution < -0.4 is 0 Å². The third kappa shape index (κ3) is 2.11. The number of benzene rings is 3. The number of fused-ring (bicyclic) bond motifs is 3. The second-order valence-electron chi connectivity index (χ2n) is 6.56. The quantitative estimate of drug-likeness (QED) is 0.482. The van der Waals surface area contributed by atoms with Crippen LogP contribution in [0.5, 0.6) is 0 Å². The highest BCUT2D eigenvalue weighted by molar-refractivity contribution is 6.31. The number of rotatable bonds is 1. The predicted molar refractivity (Wildman–Crippen MR) is 94.4 cm³/mol. The lowest BCUT2D eigenvalue weighted by molar-refractivity contribution is 0.609. The second kappa shape index (κ2) is 4.94. The zero-order valence-electron chi connectivity index (χ0n) is 13.0. The van der Waals surface area contributed by atoms with Gasteiger partial charge < -0.3 is 0 Å². The highest BCUT2D eigenvalue weighted by Crippen LogP contribution is 2.53. The Labute approximate surface area is 140 Å². The summed E-state index contributed by atoms with van der Waals surface area (Å²) in [5.74, 6) is -0.197. The van der Waals surface area contributed by atoms with Crippen LogP contribution in [0.25, 0.3) is 22.3 Å². The normalized spacial score (nSPS) is 14.4. The van der Waals surface area contributed by atoms with Crippen LogP contribution in [0.3, 0.4) is 0 Å². The van der Waals surface area contributed by atoms with E-state index in [2.05, 4.69) is 26.0 Å². The maximum absolute atomic E-state index is 13.8. The summed E-state index contributed by atoms with van der Waals surface area (Å²) in [4.78, 5) is 0. The maximum Gasteiger partial charge on any atom is 0.123 e. The molecular weight excluding hydrogens is 307 g/mol. The smallest absolute Gasteiger partial charge is 0.123 e. The Bertz CT molecular complexity index is 911. The Morgan fingerprint density at radius 1 is 0.826 bits per heavy atom. The van der Waals surface area contributed by atoms with Gasteiger partial charge in [-0.2, -0.15) is 0 Å². The zero-order chi connectivity index (χ0) is 16.2. The Morgan fingerprint density at radius 2 is 1.57 bits per heavy atom. The van der Waals surface area contributed by atoms with Crippen LogP contribution in [0, 0.1) is 5.82 Å². The van der Waals surface area contributed by atoms with E-state index in [0.717, 1.165) is 27.8 Å². The molecular formula is C21H16ClF. The van der Waals surface area contributed by atoms with E-state index >= 15 is 0 Å². The first-order chi connectivity index (χ1) is 11.0. The van der Waals surface area contributed by atoms with Gasteiger partial charge in [0.2, 0.25) is 0 Å². The summed E-state index contributed by atoms with van der Waals surface area (Å²) >= 11 is 6.41. The van der Waals surface area contributed by atoms with Crippen molar-refractivity contribution in [1.82, 2.24) is 0 Å². The highest BCUT2D eigenvalue weighted by atomic mass is 35.5. The summed E-state index contributed by atoms with van der Waals surface area (Å²) in [5.41, 5.74) is 6.41. The lowest BCUT2D eigenvalue weighted by Crippen LogP contribution is -2.15. The summed E-state index contributed by atoms with van der Waals surface area (Å²) in [6.07, 6.45) is 0. The van der Waals surface area contributed by atoms with Crippen LogP contribution in [-0.2, 0) is 5.41 Å². The van der Waals surface area contributed by atoms with Crippen LogP contribution in [0.1, 0.15) is 25.0 Å². The first-order valence-electron chi connectivity index (χ1n) is 7.68. The number of hydrogen-bond donors (Lipinski definition) is 0. The summed E-state index contributed by atoms with van der Waals surface area (Å²) in [5, 5.41) is 0.712. The van der Waals surface area contributed by atoms with Crippen molar-refractivity contribution in [1.29, 1.82) is 0 Å². The van der Waals surface area contributed by atoms with Gasteiger partial charge >= 0.3 is 0 Å². The van der Waals surface area contributed by atoms with Crippen molar-refractivity contribution in [2.75, 3.05) is 0 Å². The number of hydrogen-bond acceptors (Lipinski definition) is 0. The fourth-order valence-electron chi connectivity index (χ4n) is 3.63. The molecule has 0 saturated carbocycles. The first kappa shape index (κ1) is 14.5. The van der Waals surface area contributed by atoms with E-state index in [1.54, 1.807) is 6.07 Å². The fourth-order valence-corrected chi connectivity index (χ4v) is 3.85. The Hall–Kier alpha value is -2.12. The van der Waals surface area contributed by atoms with E-state index < -0.39 is 0 Å². The van der Waals surface area contributed by atoms with Crippen LogP contribution in [-0.4, -0.2) is 0 Å². The average molecular weight is 323 g/mol. The van der Waals surface area contributed by atoms with Gasteiger partial charge in [-0.05, 0) is 57.6 Å². The van der Waals surface area contributed by atoms with Crippen molar-refractivity contribution in [3.63, 3.8) is 0 Å². The number of halogens is 2. The molecule has 0 heterocycles. The van der Waals surface area contributed by atoms with Crippen molar-refractivity contribution in [2.45, 2.75) is 19.3 Å². The zero-order valence-corrected chi connectivity index (χ0v) is 13.8. The van der Waals surface area contributed by atoms with Crippen LogP contribution in [0.2, 0.25) is 5.02 Å². The van der Waals surface area contributed by atoms with Crippen LogP contribution in [0.4, 0.5) is 4.39 Å². The molecule has 0 fully saturated rings. The van der Waals surface area contributed by atoms with E-state index in [-0.39, 0.29) is 11.2 Å². The van der Waals surface area contributed by atoms with Gasteiger partial charge in [0.25, 0.3) is 0 Å². The Morgan fingerprint density at radius 3 is 2.30 bits per heavy atom. The van der Waals surface area contributed by atoms with Gasteiger partial charge in [-0.1, -0.05) is 61.8 Å². The SMILES string of the molecule is CC1(C)c2cc(F)ccc2-c2c(-c3ccccc3)cc(Cl)cc21. The molecule has 0 spiro atoms. The second-order valence-corrected chi connectivity index (χ2v) is 6.99. The third-order valence-electron chi connectivity index (χ3n) is 4.79. The van der Waals surface area contributed by atoms with Crippen LogP contribution >= 0.6 is 11.6 Å². The largest absolute Gasteiger partial charge is 0.207 e. The molecule has 0 aliphatic heterocycles. The monoisotopic (exact) mass is 322 g/mol. The molecule has 0 unspecified atom stereocenters. The molecule has 0 radical (unpaired) electrons. The van der Waals surface area contributed by atoms with Crippen LogP contribution in [0.15, 0.2) is 60.7 Å². The fraction of sp³-hybridized carbons (Fsp3) is 0.143. The molecule has 0 aromatic heterocycles. The molecule has 0 bridgehead atoms. The van der Waals surface area contributed by atoms with Gasteiger partial charge in [-0.25, -0.2) is 4.39 Å². The lowest BCUT2D eigenvalue weighted by atomic mass is 9.82. The first-order valence-corrected chi connectivity index (χ1v) is 8.06. The molecule has 1 aliphatic rings. The topological polar surface area (TPSA) is 0 Å². The molecule has 114 valence electrons. The molecule has 2 heteroatoms. The molecule has 0 amide bonds. The van der Waals surface area contributed by atoms with E-state index in [1.165, 1.54) is 11.6 Å². The predicted octanol–water partition coefficient (Wildman–Crippen LogP) is 6.45. The Kier molecular flexibility index (Phi) is 3.11. The molecule has 0 atom stereocenters. The minimum Gasteiger partial charge on any atom is -0.207 e. The standard InChI is InChI=1S/C21H16ClF/c1-21(2)18-12-15(23)8-9-16(18)20-17(10-14(22)11-19(20)21)13-6-4-3-5-7-13/h3-12H,1-2H3.